The van der Waals surface area contributed by atoms with E-state index in [-0.39, 0.29) is 5.56 Å². The lowest BCUT2D eigenvalue weighted by Crippen LogP contribution is -2.23. The number of thiazole rings is 1. The molecule has 176 valence electrons. The number of halogens is 1. The van der Waals surface area contributed by atoms with Crippen molar-refractivity contribution in [3.05, 3.63) is 110 Å². The SMILES string of the molecule is COc1ccc(-c2nn(-c3ccccc3)cc2/C=c2\sc3nc(-c4ccc(Br)cc4)nn3c2=O)cc1. The Morgan fingerprint density at radius 3 is 2.33 bits per heavy atom. The molecule has 0 radical (unpaired) electrons. The second-order valence-electron chi connectivity index (χ2n) is 7.99. The second kappa shape index (κ2) is 9.18. The first kappa shape index (κ1) is 22.4. The molecule has 7 nitrogen and oxygen atoms in total. The van der Waals surface area contributed by atoms with Crippen LogP contribution < -0.4 is 14.8 Å². The summed E-state index contributed by atoms with van der Waals surface area (Å²) in [6.45, 7) is 0. The van der Waals surface area contributed by atoms with E-state index in [0.717, 1.165) is 38.3 Å². The van der Waals surface area contributed by atoms with E-state index in [9.17, 15) is 4.79 Å². The molecule has 9 heteroatoms. The van der Waals surface area contributed by atoms with Gasteiger partial charge in [0.1, 0.15) is 11.4 Å². The van der Waals surface area contributed by atoms with Crippen molar-refractivity contribution in [2.45, 2.75) is 0 Å². The number of benzene rings is 3. The molecule has 0 amide bonds. The quantitative estimate of drug-likeness (QED) is 0.299. The highest BCUT2D eigenvalue weighted by Gasteiger charge is 2.15. The average Bonchev–Trinajstić information content (AvgIpc) is 3.60. The summed E-state index contributed by atoms with van der Waals surface area (Å²) in [7, 11) is 1.64. The van der Waals surface area contributed by atoms with Crippen LogP contribution in [0.15, 0.2) is 94.3 Å². The number of hydrogen-bond acceptors (Lipinski definition) is 6. The van der Waals surface area contributed by atoms with E-state index in [1.165, 1.54) is 15.9 Å². The Labute approximate surface area is 218 Å². The lowest BCUT2D eigenvalue weighted by atomic mass is 10.1. The number of aromatic nitrogens is 5. The summed E-state index contributed by atoms with van der Waals surface area (Å²) in [6, 6.07) is 25.3. The van der Waals surface area contributed by atoms with E-state index in [1.807, 2.05) is 95.8 Å². The molecule has 0 unspecified atom stereocenters. The Hall–Kier alpha value is -4.08. The number of ether oxygens (including phenoxy) is 1. The smallest absolute Gasteiger partial charge is 0.291 e. The minimum absolute atomic E-state index is 0.209. The lowest BCUT2D eigenvalue weighted by Gasteiger charge is -2.02. The number of methoxy groups -OCH3 is 1. The topological polar surface area (TPSA) is 74.3 Å². The van der Waals surface area contributed by atoms with Crippen molar-refractivity contribution in [2.75, 3.05) is 7.11 Å². The zero-order chi connectivity index (χ0) is 24.6. The van der Waals surface area contributed by atoms with E-state index in [2.05, 4.69) is 26.0 Å². The fourth-order valence-corrected chi connectivity index (χ4v) is 5.04. The highest BCUT2D eigenvalue weighted by Crippen LogP contribution is 2.26. The van der Waals surface area contributed by atoms with Gasteiger partial charge in [-0.1, -0.05) is 57.6 Å². The van der Waals surface area contributed by atoms with Crippen LogP contribution in [0, 0.1) is 0 Å². The van der Waals surface area contributed by atoms with Gasteiger partial charge in [0.2, 0.25) is 4.96 Å². The number of nitrogens with zero attached hydrogens (tertiary/aromatic N) is 5. The van der Waals surface area contributed by atoms with Crippen molar-refractivity contribution in [3.8, 4) is 34.1 Å². The van der Waals surface area contributed by atoms with Gasteiger partial charge in [-0.2, -0.15) is 14.6 Å². The molecule has 0 atom stereocenters. The van der Waals surface area contributed by atoms with Crippen LogP contribution in [0.25, 0.3) is 39.4 Å². The van der Waals surface area contributed by atoms with Gasteiger partial charge in [0.25, 0.3) is 5.56 Å². The van der Waals surface area contributed by atoms with Crippen molar-refractivity contribution in [1.29, 1.82) is 0 Å². The van der Waals surface area contributed by atoms with Crippen LogP contribution in [0.4, 0.5) is 0 Å². The Kier molecular flexibility index (Phi) is 5.71. The monoisotopic (exact) mass is 555 g/mol. The number of para-hydroxylation sites is 1. The molecule has 0 saturated heterocycles. The molecule has 6 aromatic rings. The first-order chi connectivity index (χ1) is 17.6. The molecule has 6 rings (SSSR count). The lowest BCUT2D eigenvalue weighted by molar-refractivity contribution is 0.415. The first-order valence-corrected chi connectivity index (χ1v) is 12.7. The van der Waals surface area contributed by atoms with Crippen molar-refractivity contribution in [2.24, 2.45) is 0 Å². The molecule has 3 aromatic carbocycles. The van der Waals surface area contributed by atoms with E-state index in [1.54, 1.807) is 7.11 Å². The zero-order valence-electron chi connectivity index (χ0n) is 19.0. The predicted molar refractivity (Wildman–Crippen MR) is 145 cm³/mol. The van der Waals surface area contributed by atoms with E-state index >= 15 is 0 Å². The molecule has 0 aliphatic carbocycles. The molecule has 0 saturated carbocycles. The summed E-state index contributed by atoms with van der Waals surface area (Å²) in [5.74, 6) is 1.29. The number of rotatable bonds is 5. The number of hydrogen-bond donors (Lipinski definition) is 0. The largest absolute Gasteiger partial charge is 0.497 e. The molecule has 0 spiro atoms. The summed E-state index contributed by atoms with van der Waals surface area (Å²) in [6.07, 6.45) is 3.78. The molecule has 0 bridgehead atoms. The van der Waals surface area contributed by atoms with Crippen molar-refractivity contribution in [3.63, 3.8) is 0 Å². The van der Waals surface area contributed by atoms with Crippen LogP contribution in [0.2, 0.25) is 0 Å². The van der Waals surface area contributed by atoms with Gasteiger partial charge in [0, 0.05) is 27.4 Å². The molecular formula is C27H18BrN5O2S. The average molecular weight is 556 g/mol. The first-order valence-electron chi connectivity index (χ1n) is 11.1. The predicted octanol–water partition coefficient (Wildman–Crippen LogP) is 4.99. The van der Waals surface area contributed by atoms with Crippen LogP contribution in [-0.4, -0.2) is 31.5 Å². The standard InChI is InChI=1S/C27H18BrN5O2S/c1-35-22-13-9-17(10-14-22)24-19(16-32(30-24)21-5-3-2-4-6-21)15-23-26(34)33-27(36-23)29-25(31-33)18-7-11-20(28)12-8-18/h2-16H,1H3/b23-15-. The van der Waals surface area contributed by atoms with Gasteiger partial charge in [0.05, 0.1) is 17.3 Å². The maximum Gasteiger partial charge on any atom is 0.291 e. The fourth-order valence-electron chi connectivity index (χ4n) is 3.88. The Morgan fingerprint density at radius 1 is 0.917 bits per heavy atom. The van der Waals surface area contributed by atoms with Gasteiger partial charge in [-0.3, -0.25) is 4.79 Å². The molecule has 0 fully saturated rings. The molecule has 0 aliphatic heterocycles. The maximum atomic E-state index is 13.2. The van der Waals surface area contributed by atoms with Crippen LogP contribution in [0.5, 0.6) is 5.75 Å². The zero-order valence-corrected chi connectivity index (χ0v) is 21.4. The number of fused-ring (bicyclic) bond motifs is 1. The Bertz CT molecular complexity index is 1790. The highest BCUT2D eigenvalue weighted by molar-refractivity contribution is 9.10. The third-order valence-corrected chi connectivity index (χ3v) is 7.19. The third-order valence-electron chi connectivity index (χ3n) is 5.70. The maximum absolute atomic E-state index is 13.2. The molecule has 3 aromatic heterocycles. The summed E-state index contributed by atoms with van der Waals surface area (Å²) in [4.78, 5) is 18.4. The second-order valence-corrected chi connectivity index (χ2v) is 9.92. The Balaban J connectivity index is 1.47. The third kappa shape index (κ3) is 4.12. The van der Waals surface area contributed by atoms with Gasteiger partial charge >= 0.3 is 0 Å². The van der Waals surface area contributed by atoms with Crippen LogP contribution >= 0.6 is 27.3 Å². The van der Waals surface area contributed by atoms with Gasteiger partial charge in [-0.25, -0.2) is 4.68 Å². The summed E-state index contributed by atoms with van der Waals surface area (Å²) in [5.41, 5.74) is 4.07. The normalized spacial score (nSPS) is 11.9. The van der Waals surface area contributed by atoms with E-state index in [4.69, 9.17) is 9.84 Å². The van der Waals surface area contributed by atoms with Gasteiger partial charge < -0.3 is 4.74 Å². The summed E-state index contributed by atoms with van der Waals surface area (Å²) >= 11 is 4.74. The molecule has 36 heavy (non-hydrogen) atoms. The fraction of sp³-hybridized carbons (Fsp3) is 0.0370. The minimum Gasteiger partial charge on any atom is -0.497 e. The summed E-state index contributed by atoms with van der Waals surface area (Å²) in [5, 5.41) is 9.30. The van der Waals surface area contributed by atoms with Crippen molar-refractivity contribution in [1.82, 2.24) is 24.4 Å². The molecular weight excluding hydrogens is 538 g/mol. The Morgan fingerprint density at radius 2 is 1.64 bits per heavy atom. The van der Waals surface area contributed by atoms with Crippen LogP contribution in [-0.2, 0) is 0 Å². The van der Waals surface area contributed by atoms with Gasteiger partial charge in [-0.15, -0.1) is 5.10 Å². The van der Waals surface area contributed by atoms with Gasteiger partial charge in [0.15, 0.2) is 5.82 Å². The van der Waals surface area contributed by atoms with Crippen molar-refractivity contribution < 1.29 is 4.74 Å². The summed E-state index contributed by atoms with van der Waals surface area (Å²) < 4.78 is 9.99. The van der Waals surface area contributed by atoms with Crippen molar-refractivity contribution >= 4 is 38.3 Å². The van der Waals surface area contributed by atoms with Crippen LogP contribution in [0.1, 0.15) is 5.56 Å². The molecule has 0 N–H and O–H groups in total. The van der Waals surface area contributed by atoms with E-state index < -0.39 is 0 Å². The molecule has 3 heterocycles. The van der Waals surface area contributed by atoms with Crippen LogP contribution in [0.3, 0.4) is 0 Å². The molecule has 0 aliphatic rings. The van der Waals surface area contributed by atoms with E-state index in [0.29, 0.717) is 15.3 Å². The highest BCUT2D eigenvalue weighted by atomic mass is 79.9. The van der Waals surface area contributed by atoms with Gasteiger partial charge in [-0.05, 0) is 54.6 Å². The minimum atomic E-state index is -0.209.